The zero-order chi connectivity index (χ0) is 12.4. The smallest absolute Gasteiger partial charge is 0.322 e. The fourth-order valence-corrected chi connectivity index (χ4v) is 1.18. The van der Waals surface area contributed by atoms with Crippen LogP contribution in [0.3, 0.4) is 0 Å². The van der Waals surface area contributed by atoms with Gasteiger partial charge in [0.25, 0.3) is 0 Å². The van der Waals surface area contributed by atoms with Gasteiger partial charge in [-0.25, -0.2) is 5.26 Å². The fourth-order valence-electron chi connectivity index (χ4n) is 0.700. The van der Waals surface area contributed by atoms with Crippen molar-refractivity contribution in [2.45, 2.75) is 11.7 Å². The lowest BCUT2D eigenvalue weighted by molar-refractivity contribution is -0.432. The number of carbonyl (C=O) groups excluding carboxylic acids is 2. The summed E-state index contributed by atoms with van der Waals surface area (Å²) < 4.78 is 12.9. The zero-order valence-corrected chi connectivity index (χ0v) is 8.97. The Labute approximate surface area is 97.1 Å². The van der Waals surface area contributed by atoms with Gasteiger partial charge in [-0.05, 0) is 0 Å². The first-order valence-corrected chi connectivity index (χ1v) is 4.82. The molecule has 0 aromatic heterocycles. The van der Waals surface area contributed by atoms with Gasteiger partial charge in [0.1, 0.15) is 5.25 Å². The highest BCUT2D eigenvalue weighted by atomic mass is 32.2. The van der Waals surface area contributed by atoms with E-state index in [-0.39, 0.29) is 19.6 Å². The Balaban J connectivity index is 4.18. The van der Waals surface area contributed by atoms with E-state index in [1.54, 1.807) is 0 Å². The van der Waals surface area contributed by atoms with Crippen molar-refractivity contribution >= 4 is 24.0 Å². The van der Waals surface area contributed by atoms with Crippen molar-refractivity contribution in [3.05, 3.63) is 13.8 Å². The molecule has 1 unspecified atom stereocenters. The Kier molecular flexibility index (Phi) is 8.91. The van der Waals surface area contributed by atoms with Crippen LogP contribution in [0.4, 0.5) is 0 Å². The van der Waals surface area contributed by atoms with Crippen LogP contribution in [0.15, 0.2) is 0 Å². The van der Waals surface area contributed by atoms with E-state index in [1.165, 1.54) is 0 Å². The van der Waals surface area contributed by atoms with E-state index in [0.717, 1.165) is 0 Å². The minimum absolute atomic E-state index is 0.306. The molecule has 1 N–H and O–H groups in total. The molecule has 0 aromatic rings. The van der Waals surface area contributed by atoms with Crippen LogP contribution in [0.25, 0.3) is 0 Å². The normalized spacial score (nSPS) is 11.9. The molecule has 0 aliphatic rings. The number of ether oxygens (including phenoxy) is 2. The third kappa shape index (κ3) is 6.62. The summed E-state index contributed by atoms with van der Waals surface area (Å²) in [5.41, 5.74) is 0. The molecule has 0 rings (SSSR count). The molecule has 7 nitrogen and oxygen atoms in total. The second-order valence-corrected chi connectivity index (χ2v) is 3.14. The summed E-state index contributed by atoms with van der Waals surface area (Å²) in [5, 5.41) is 10.1. The van der Waals surface area contributed by atoms with E-state index in [4.69, 9.17) is 19.1 Å². The minimum atomic E-state index is -1.07. The van der Waals surface area contributed by atoms with Crippen LogP contribution in [0.1, 0.15) is 6.42 Å². The fraction of sp³-hybridized carbons (Fsp3) is 0.500. The van der Waals surface area contributed by atoms with Gasteiger partial charge in [0, 0.05) is 13.8 Å². The van der Waals surface area contributed by atoms with E-state index < -0.39 is 17.2 Å². The van der Waals surface area contributed by atoms with Crippen LogP contribution in [0.5, 0.6) is 0 Å². The Morgan fingerprint density at radius 2 is 1.88 bits per heavy atom. The zero-order valence-electron chi connectivity index (χ0n) is 8.16. The van der Waals surface area contributed by atoms with Gasteiger partial charge in [0.05, 0.1) is 31.7 Å². The lowest BCUT2D eigenvalue weighted by atomic mass is 10.3. The lowest BCUT2D eigenvalue weighted by Gasteiger charge is -2.11. The van der Waals surface area contributed by atoms with Gasteiger partial charge >= 0.3 is 11.9 Å². The summed E-state index contributed by atoms with van der Waals surface area (Å²) >= 11 is 0.380. The summed E-state index contributed by atoms with van der Waals surface area (Å²) in [7, 11) is 0. The van der Waals surface area contributed by atoms with Gasteiger partial charge in [-0.2, -0.15) is 0 Å². The maximum Gasteiger partial charge on any atom is 0.322 e. The minimum Gasteiger partial charge on any atom is -0.465 e. The Morgan fingerprint density at radius 3 is 2.38 bits per heavy atom. The lowest BCUT2D eigenvalue weighted by Crippen LogP contribution is -2.25. The molecule has 90 valence electrons. The van der Waals surface area contributed by atoms with Crippen molar-refractivity contribution < 1.29 is 33.7 Å². The van der Waals surface area contributed by atoms with Gasteiger partial charge in [0.15, 0.2) is 0 Å². The molecule has 0 heterocycles. The van der Waals surface area contributed by atoms with Crippen molar-refractivity contribution in [2.24, 2.45) is 0 Å². The second kappa shape index (κ2) is 9.40. The third-order valence-electron chi connectivity index (χ3n) is 1.27. The van der Waals surface area contributed by atoms with Gasteiger partial charge in [-0.15, -0.1) is 4.33 Å². The number of hydrogen-bond acceptors (Lipinski definition) is 8. The maximum absolute atomic E-state index is 11.2. The molecule has 1 atom stereocenters. The van der Waals surface area contributed by atoms with Crippen molar-refractivity contribution in [3.8, 4) is 0 Å². The molecule has 0 fully saturated rings. The van der Waals surface area contributed by atoms with Crippen molar-refractivity contribution in [3.63, 3.8) is 0 Å². The molecule has 0 spiro atoms. The highest BCUT2D eigenvalue weighted by Crippen LogP contribution is 2.18. The first-order chi connectivity index (χ1) is 7.65. The quantitative estimate of drug-likeness (QED) is 0.285. The van der Waals surface area contributed by atoms with Gasteiger partial charge in [0.2, 0.25) is 0 Å². The van der Waals surface area contributed by atoms with Crippen LogP contribution in [-0.2, 0) is 28.4 Å². The summed E-state index contributed by atoms with van der Waals surface area (Å²) in [6.07, 6.45) is -0.357. The molecule has 0 aromatic carbocycles. The summed E-state index contributed by atoms with van der Waals surface area (Å²) in [6.45, 7) is 9.28. The van der Waals surface area contributed by atoms with Crippen molar-refractivity contribution in [1.82, 2.24) is 0 Å². The second-order valence-electron chi connectivity index (χ2n) is 2.24. The molecule has 0 aliphatic carbocycles. The van der Waals surface area contributed by atoms with Gasteiger partial charge < -0.3 is 9.47 Å². The molecular weight excluding hydrogens is 240 g/mol. The van der Waals surface area contributed by atoms with Gasteiger partial charge in [-0.3, -0.25) is 9.59 Å². The summed E-state index contributed by atoms with van der Waals surface area (Å²) in [5.74, 6) is -1.53. The number of hydrogen-bond donors (Lipinski definition) is 1. The van der Waals surface area contributed by atoms with Crippen LogP contribution in [-0.4, -0.2) is 35.7 Å². The van der Waals surface area contributed by atoms with Crippen LogP contribution in [0, 0.1) is 13.8 Å². The largest absolute Gasteiger partial charge is 0.465 e. The molecule has 0 aliphatic heterocycles. The average molecular weight is 250 g/mol. The summed E-state index contributed by atoms with van der Waals surface area (Å²) in [4.78, 5) is 22.2. The summed E-state index contributed by atoms with van der Waals surface area (Å²) in [6, 6.07) is 0. The molecule has 0 bridgehead atoms. The predicted octanol–water partition coefficient (Wildman–Crippen LogP) is 0.323. The van der Waals surface area contributed by atoms with Crippen molar-refractivity contribution in [1.29, 1.82) is 0 Å². The Hall–Kier alpha value is -0.830. The van der Waals surface area contributed by atoms with Crippen LogP contribution < -0.4 is 0 Å². The van der Waals surface area contributed by atoms with E-state index >= 15 is 0 Å². The van der Waals surface area contributed by atoms with E-state index in [0.29, 0.717) is 12.0 Å². The highest BCUT2D eigenvalue weighted by molar-refractivity contribution is 7.95. The molecule has 16 heavy (non-hydrogen) atoms. The van der Waals surface area contributed by atoms with E-state index in [1.807, 2.05) is 0 Å². The SMILES string of the molecule is [CH]COC(=O)CC(SOOO)C(=O)OC[CH]. The van der Waals surface area contributed by atoms with Crippen molar-refractivity contribution in [2.75, 3.05) is 13.2 Å². The first-order valence-electron chi connectivity index (χ1n) is 4.01. The Bertz CT molecular complexity index is 220. The Morgan fingerprint density at radius 1 is 1.25 bits per heavy atom. The average Bonchev–Trinajstić information content (AvgIpc) is 2.24. The number of rotatable bonds is 8. The van der Waals surface area contributed by atoms with Crippen LogP contribution >= 0.6 is 12.0 Å². The van der Waals surface area contributed by atoms with Crippen LogP contribution in [0.2, 0.25) is 0 Å². The predicted molar refractivity (Wildman–Crippen MR) is 51.3 cm³/mol. The topological polar surface area (TPSA) is 91.3 Å². The third-order valence-corrected chi connectivity index (χ3v) is 2.00. The maximum atomic E-state index is 11.2. The molecule has 8 heteroatoms. The molecule has 0 saturated carbocycles. The number of esters is 2. The van der Waals surface area contributed by atoms with Gasteiger partial charge in [-0.1, -0.05) is 5.04 Å². The molecule has 0 amide bonds. The van der Waals surface area contributed by atoms with E-state index in [2.05, 4.69) is 18.8 Å². The molecular formula is C8H10O7S. The number of carbonyl (C=O) groups is 2. The first kappa shape index (κ1) is 15.2. The highest BCUT2D eigenvalue weighted by Gasteiger charge is 2.26. The molecule has 0 saturated heterocycles. The monoisotopic (exact) mass is 250 g/mol. The van der Waals surface area contributed by atoms with E-state index in [9.17, 15) is 9.59 Å². The molecule has 4 radical (unpaired) electrons. The standard InChI is InChI=1S/C8H10O7S/c1-3-12-7(9)5-6(16-15-14-11)8(10)13-4-2/h1-2,6,11H,3-5H2.